The van der Waals surface area contributed by atoms with Gasteiger partial charge >= 0.3 is 5.97 Å². The Morgan fingerprint density at radius 3 is 2.62 bits per heavy atom. The summed E-state index contributed by atoms with van der Waals surface area (Å²) in [4.78, 5) is 10.8. The van der Waals surface area contributed by atoms with Gasteiger partial charge in [-0.1, -0.05) is 47.3 Å². The van der Waals surface area contributed by atoms with Crippen molar-refractivity contribution in [2.24, 2.45) is 0 Å². The molecule has 0 aliphatic rings. The lowest BCUT2D eigenvalue weighted by atomic mass is 10.2. The smallest absolute Gasteiger partial charge is 0.324 e. The summed E-state index contributed by atoms with van der Waals surface area (Å²) >= 11 is 3.21. The number of ether oxygens (including phenoxy) is 1. The summed E-state index contributed by atoms with van der Waals surface area (Å²) in [5, 5.41) is 0. The molecule has 0 N–H and O–H groups in total. The number of allylic oxidation sites excluding steroid dienone is 3. The van der Waals surface area contributed by atoms with Crippen molar-refractivity contribution in [2.75, 3.05) is 6.61 Å². The molecule has 0 fully saturated rings. The van der Waals surface area contributed by atoms with E-state index in [1.165, 1.54) is 0 Å². The molecule has 0 aliphatic carbocycles. The summed E-state index contributed by atoms with van der Waals surface area (Å²) in [5.74, 6) is -0.310. The molecule has 0 rings (SSSR count). The van der Waals surface area contributed by atoms with E-state index in [4.69, 9.17) is 4.74 Å². The van der Waals surface area contributed by atoms with Gasteiger partial charge < -0.3 is 4.74 Å². The lowest BCUT2D eigenvalue weighted by Gasteiger charge is -2.08. The minimum absolute atomic E-state index is 0.310. The topological polar surface area (TPSA) is 26.3 Å². The van der Waals surface area contributed by atoms with Gasteiger partial charge in [0.25, 0.3) is 0 Å². The first-order valence-corrected chi connectivity index (χ1v) is 4.84. The van der Waals surface area contributed by atoms with Crippen molar-refractivity contribution in [3.05, 3.63) is 37.0 Å². The van der Waals surface area contributed by atoms with Gasteiger partial charge in [-0.3, -0.25) is 4.79 Å². The Morgan fingerprint density at radius 2 is 2.23 bits per heavy atom. The van der Waals surface area contributed by atoms with Crippen molar-refractivity contribution in [1.29, 1.82) is 0 Å². The zero-order valence-corrected chi connectivity index (χ0v) is 9.21. The van der Waals surface area contributed by atoms with Crippen LogP contribution in [0.15, 0.2) is 37.0 Å². The molecule has 1 atom stereocenters. The predicted octanol–water partition coefficient (Wildman–Crippen LogP) is 2.61. The van der Waals surface area contributed by atoms with Crippen molar-refractivity contribution >= 4 is 21.9 Å². The Morgan fingerprint density at radius 1 is 1.62 bits per heavy atom. The van der Waals surface area contributed by atoms with Crippen LogP contribution < -0.4 is 0 Å². The molecule has 0 amide bonds. The van der Waals surface area contributed by atoms with Gasteiger partial charge in [0.05, 0.1) is 6.61 Å². The van der Waals surface area contributed by atoms with Crippen LogP contribution in [0.3, 0.4) is 0 Å². The van der Waals surface area contributed by atoms with Crippen molar-refractivity contribution in [2.45, 2.75) is 11.8 Å². The SMILES string of the molecule is C=C/C=C(\C=C)C(Br)C(=O)OCC. The summed E-state index contributed by atoms with van der Waals surface area (Å²) in [5.41, 5.74) is 0.744. The van der Waals surface area contributed by atoms with E-state index >= 15 is 0 Å². The monoisotopic (exact) mass is 244 g/mol. The molecular formula is C10H13BrO2. The maximum absolute atomic E-state index is 11.2. The highest BCUT2D eigenvalue weighted by Gasteiger charge is 2.17. The van der Waals surface area contributed by atoms with Gasteiger partial charge in [0.1, 0.15) is 4.83 Å². The minimum Gasteiger partial charge on any atom is -0.465 e. The zero-order valence-electron chi connectivity index (χ0n) is 7.63. The number of esters is 1. The van der Waals surface area contributed by atoms with Crippen LogP contribution in [0.4, 0.5) is 0 Å². The first kappa shape index (κ1) is 12.2. The number of alkyl halides is 1. The second kappa shape index (κ2) is 6.66. The van der Waals surface area contributed by atoms with E-state index in [0.29, 0.717) is 6.61 Å². The number of carbonyl (C=O) groups is 1. The molecule has 0 saturated heterocycles. The summed E-state index contributed by atoms with van der Waals surface area (Å²) in [6.45, 7) is 9.27. The zero-order chi connectivity index (χ0) is 10.3. The Hall–Kier alpha value is -0.830. The van der Waals surface area contributed by atoms with Gasteiger partial charge in [-0.15, -0.1) is 0 Å². The van der Waals surface area contributed by atoms with Crippen LogP contribution in [0, 0.1) is 0 Å². The van der Waals surface area contributed by atoms with E-state index < -0.39 is 4.83 Å². The number of halogens is 1. The van der Waals surface area contributed by atoms with Gasteiger partial charge in [-0.05, 0) is 12.5 Å². The van der Waals surface area contributed by atoms with Crippen molar-refractivity contribution in [3.8, 4) is 0 Å². The highest BCUT2D eigenvalue weighted by Crippen LogP contribution is 2.15. The molecular weight excluding hydrogens is 232 g/mol. The number of carbonyl (C=O) groups excluding carboxylic acids is 1. The van der Waals surface area contributed by atoms with E-state index in [2.05, 4.69) is 29.1 Å². The van der Waals surface area contributed by atoms with Crippen LogP contribution in [0.2, 0.25) is 0 Å². The van der Waals surface area contributed by atoms with Crippen LogP contribution in [0.25, 0.3) is 0 Å². The fourth-order valence-electron chi connectivity index (χ4n) is 0.744. The third kappa shape index (κ3) is 4.08. The highest BCUT2D eigenvalue weighted by atomic mass is 79.9. The first-order valence-electron chi connectivity index (χ1n) is 3.93. The maximum atomic E-state index is 11.2. The number of rotatable bonds is 5. The highest BCUT2D eigenvalue weighted by molar-refractivity contribution is 9.10. The largest absolute Gasteiger partial charge is 0.465 e. The van der Waals surface area contributed by atoms with E-state index in [9.17, 15) is 4.79 Å². The first-order chi connectivity index (χ1) is 6.17. The standard InChI is InChI=1S/C10H13BrO2/c1-4-7-8(5-2)9(11)10(12)13-6-3/h4-5,7,9H,1-2,6H2,3H3/b8-7+. The van der Waals surface area contributed by atoms with E-state index in [-0.39, 0.29) is 5.97 Å². The average molecular weight is 245 g/mol. The lowest BCUT2D eigenvalue weighted by molar-refractivity contribution is -0.141. The van der Waals surface area contributed by atoms with E-state index in [0.717, 1.165) is 5.57 Å². The quantitative estimate of drug-likeness (QED) is 0.422. The molecule has 0 radical (unpaired) electrons. The van der Waals surface area contributed by atoms with Crippen molar-refractivity contribution < 1.29 is 9.53 Å². The normalized spacial score (nSPS) is 13.2. The Balaban J connectivity index is 4.45. The fraction of sp³-hybridized carbons (Fsp3) is 0.300. The molecule has 0 aromatic heterocycles. The molecule has 13 heavy (non-hydrogen) atoms. The molecule has 0 aromatic carbocycles. The summed E-state index contributed by atoms with van der Waals surface area (Å²) < 4.78 is 4.82. The van der Waals surface area contributed by atoms with Crippen molar-refractivity contribution in [1.82, 2.24) is 0 Å². The van der Waals surface area contributed by atoms with E-state index in [1.54, 1.807) is 25.2 Å². The van der Waals surface area contributed by atoms with Gasteiger partial charge in [0, 0.05) is 0 Å². The minimum atomic E-state index is -0.456. The van der Waals surface area contributed by atoms with Crippen LogP contribution in [0.5, 0.6) is 0 Å². The summed E-state index contributed by atoms with van der Waals surface area (Å²) in [7, 11) is 0. The lowest BCUT2D eigenvalue weighted by Crippen LogP contribution is -2.18. The number of hydrogen-bond donors (Lipinski definition) is 0. The molecule has 0 aromatic rings. The molecule has 2 nitrogen and oxygen atoms in total. The van der Waals surface area contributed by atoms with Gasteiger partial charge in [-0.25, -0.2) is 0 Å². The molecule has 3 heteroatoms. The molecule has 0 heterocycles. The number of hydrogen-bond acceptors (Lipinski definition) is 2. The third-order valence-electron chi connectivity index (χ3n) is 1.33. The van der Waals surface area contributed by atoms with Gasteiger partial charge in [0.15, 0.2) is 0 Å². The summed E-state index contributed by atoms with van der Waals surface area (Å²) in [6, 6.07) is 0. The van der Waals surface area contributed by atoms with Crippen LogP contribution in [-0.4, -0.2) is 17.4 Å². The Bertz CT molecular complexity index is 231. The third-order valence-corrected chi connectivity index (χ3v) is 2.23. The van der Waals surface area contributed by atoms with Crippen LogP contribution in [-0.2, 0) is 9.53 Å². The van der Waals surface area contributed by atoms with E-state index in [1.807, 2.05) is 0 Å². The summed E-state index contributed by atoms with van der Waals surface area (Å²) in [6.07, 6.45) is 4.91. The second-order valence-corrected chi connectivity index (χ2v) is 3.14. The molecule has 0 aliphatic heterocycles. The Kier molecular flexibility index (Phi) is 6.24. The molecule has 1 unspecified atom stereocenters. The fourth-order valence-corrected chi connectivity index (χ4v) is 1.22. The average Bonchev–Trinajstić information content (AvgIpc) is 2.13. The Labute approximate surface area is 87.1 Å². The molecule has 0 spiro atoms. The maximum Gasteiger partial charge on any atom is 0.324 e. The van der Waals surface area contributed by atoms with Gasteiger partial charge in [0.2, 0.25) is 0 Å². The van der Waals surface area contributed by atoms with Crippen molar-refractivity contribution in [3.63, 3.8) is 0 Å². The predicted molar refractivity (Wildman–Crippen MR) is 57.8 cm³/mol. The molecule has 72 valence electrons. The molecule has 0 bridgehead atoms. The molecule has 0 saturated carbocycles. The van der Waals surface area contributed by atoms with Crippen LogP contribution >= 0.6 is 15.9 Å². The van der Waals surface area contributed by atoms with Crippen LogP contribution in [0.1, 0.15) is 6.92 Å². The second-order valence-electron chi connectivity index (χ2n) is 2.22. The van der Waals surface area contributed by atoms with Gasteiger partial charge in [-0.2, -0.15) is 0 Å².